The van der Waals surface area contributed by atoms with Gasteiger partial charge in [0, 0.05) is 36.4 Å². The number of pyridine rings is 1. The fourth-order valence-electron chi connectivity index (χ4n) is 3.48. The van der Waals surface area contributed by atoms with E-state index in [2.05, 4.69) is 30.5 Å². The Bertz CT molecular complexity index is 1140. The number of H-pyrrole nitrogens is 2. The van der Waals surface area contributed by atoms with Crippen molar-refractivity contribution in [3.8, 4) is 17.3 Å². The second kappa shape index (κ2) is 6.77. The van der Waals surface area contributed by atoms with Crippen LogP contribution in [0.4, 0.5) is 0 Å². The predicted molar refractivity (Wildman–Crippen MR) is 108 cm³/mol. The van der Waals surface area contributed by atoms with Crippen LogP contribution in [0.15, 0.2) is 30.6 Å². The van der Waals surface area contributed by atoms with E-state index < -0.39 is 0 Å². The molecular formula is C19H16Cl2N6O. The van der Waals surface area contributed by atoms with Crippen LogP contribution in [0.3, 0.4) is 0 Å². The molecule has 3 N–H and O–H groups in total. The lowest BCUT2D eigenvalue weighted by molar-refractivity contribution is 0.227. The van der Waals surface area contributed by atoms with Gasteiger partial charge in [0.15, 0.2) is 5.82 Å². The third kappa shape index (κ3) is 2.92. The van der Waals surface area contributed by atoms with Gasteiger partial charge in [-0.2, -0.15) is 5.10 Å². The van der Waals surface area contributed by atoms with Gasteiger partial charge in [0.05, 0.1) is 26.9 Å². The van der Waals surface area contributed by atoms with Crippen LogP contribution in [-0.2, 0) is 13.1 Å². The highest BCUT2D eigenvalue weighted by Gasteiger charge is 2.20. The summed E-state index contributed by atoms with van der Waals surface area (Å²) < 4.78 is 6.11. The zero-order valence-electron chi connectivity index (χ0n) is 14.9. The minimum Gasteiger partial charge on any atom is -0.486 e. The summed E-state index contributed by atoms with van der Waals surface area (Å²) in [6, 6.07) is 5.76. The number of hydrogen-bond donors (Lipinski definition) is 3. The standard InChI is InChI=1S/C19H16Cl2N6O/c1-9(17-12(20)5-22-6-13(17)21)28-10-2-3-14-11(4-10)18(27-26-14)19-24-15-7-23-8-16(15)25-19/h2-6,9,23H,7-8H2,1H3,(H,24,25)(H,26,27)/t9-/m1/s1. The van der Waals surface area contributed by atoms with Crippen molar-refractivity contribution < 1.29 is 4.74 Å². The van der Waals surface area contributed by atoms with E-state index in [1.165, 1.54) is 0 Å². The van der Waals surface area contributed by atoms with Crippen molar-refractivity contribution in [2.75, 3.05) is 0 Å². The molecule has 0 radical (unpaired) electrons. The van der Waals surface area contributed by atoms with Gasteiger partial charge in [-0.1, -0.05) is 23.2 Å². The number of nitrogens with zero attached hydrogens (tertiary/aromatic N) is 3. The van der Waals surface area contributed by atoms with Crippen LogP contribution >= 0.6 is 23.2 Å². The van der Waals surface area contributed by atoms with Gasteiger partial charge >= 0.3 is 0 Å². The molecule has 5 rings (SSSR count). The number of hydrogen-bond acceptors (Lipinski definition) is 5. The molecule has 4 aromatic rings. The van der Waals surface area contributed by atoms with E-state index >= 15 is 0 Å². The lowest BCUT2D eigenvalue weighted by atomic mass is 10.1. The van der Waals surface area contributed by atoms with Crippen LogP contribution in [-0.4, -0.2) is 25.1 Å². The molecule has 0 unspecified atom stereocenters. The number of rotatable bonds is 4. The van der Waals surface area contributed by atoms with Crippen LogP contribution < -0.4 is 10.1 Å². The fourth-order valence-corrected chi connectivity index (χ4v) is 4.15. The van der Waals surface area contributed by atoms with E-state index in [-0.39, 0.29) is 6.10 Å². The number of ether oxygens (including phenoxy) is 1. The Kier molecular flexibility index (Phi) is 4.23. The van der Waals surface area contributed by atoms with Crippen LogP contribution in [0.25, 0.3) is 22.4 Å². The highest BCUT2D eigenvalue weighted by Crippen LogP contribution is 2.34. The Morgan fingerprint density at radius 2 is 1.96 bits per heavy atom. The molecule has 1 atom stereocenters. The number of imidazole rings is 1. The summed E-state index contributed by atoms with van der Waals surface area (Å²) in [6.07, 6.45) is 2.78. The van der Waals surface area contributed by atoms with Crippen LogP contribution in [0.5, 0.6) is 5.75 Å². The lowest BCUT2D eigenvalue weighted by Crippen LogP contribution is -2.05. The first-order valence-corrected chi connectivity index (χ1v) is 9.58. The molecule has 0 fully saturated rings. The van der Waals surface area contributed by atoms with E-state index in [1.54, 1.807) is 12.4 Å². The monoisotopic (exact) mass is 414 g/mol. The summed E-state index contributed by atoms with van der Waals surface area (Å²) in [5.41, 5.74) is 4.52. The molecule has 0 amide bonds. The maximum absolute atomic E-state index is 6.25. The second-order valence-electron chi connectivity index (χ2n) is 6.67. The van der Waals surface area contributed by atoms with Crippen molar-refractivity contribution in [2.45, 2.75) is 26.1 Å². The predicted octanol–water partition coefficient (Wildman–Crippen LogP) is 4.40. The van der Waals surface area contributed by atoms with Gasteiger partial charge in [0.2, 0.25) is 0 Å². The molecule has 0 spiro atoms. The molecule has 4 heterocycles. The van der Waals surface area contributed by atoms with Crippen LogP contribution in [0.2, 0.25) is 10.0 Å². The smallest absolute Gasteiger partial charge is 0.159 e. The van der Waals surface area contributed by atoms with Crippen molar-refractivity contribution in [3.05, 3.63) is 57.6 Å². The van der Waals surface area contributed by atoms with Gasteiger partial charge < -0.3 is 15.0 Å². The molecule has 1 aromatic carbocycles. The van der Waals surface area contributed by atoms with Gasteiger partial charge in [0.1, 0.15) is 17.5 Å². The summed E-state index contributed by atoms with van der Waals surface area (Å²) in [5.74, 6) is 1.44. The maximum atomic E-state index is 6.25. The number of aromatic amines is 2. The van der Waals surface area contributed by atoms with E-state index in [9.17, 15) is 0 Å². The lowest BCUT2D eigenvalue weighted by Gasteiger charge is -2.17. The second-order valence-corrected chi connectivity index (χ2v) is 7.49. The summed E-state index contributed by atoms with van der Waals surface area (Å²) in [6.45, 7) is 3.47. The number of aromatic nitrogens is 5. The van der Waals surface area contributed by atoms with Gasteiger partial charge in [0.25, 0.3) is 0 Å². The average Bonchev–Trinajstić information content (AvgIpc) is 3.35. The minimum absolute atomic E-state index is 0.339. The summed E-state index contributed by atoms with van der Waals surface area (Å²) in [7, 11) is 0. The van der Waals surface area contributed by atoms with Crippen molar-refractivity contribution in [3.63, 3.8) is 0 Å². The minimum atomic E-state index is -0.339. The Labute approximate surface area is 170 Å². The Hall–Kier alpha value is -2.61. The van der Waals surface area contributed by atoms with Crippen molar-refractivity contribution in [2.24, 2.45) is 0 Å². The molecule has 3 aromatic heterocycles. The van der Waals surface area contributed by atoms with Crippen molar-refractivity contribution in [1.82, 2.24) is 30.5 Å². The van der Waals surface area contributed by atoms with E-state index in [0.717, 1.165) is 46.9 Å². The molecule has 0 aliphatic carbocycles. The Balaban J connectivity index is 1.49. The topological polar surface area (TPSA) is 91.5 Å². The highest BCUT2D eigenvalue weighted by atomic mass is 35.5. The molecule has 1 aliphatic rings. The van der Waals surface area contributed by atoms with Crippen molar-refractivity contribution in [1.29, 1.82) is 0 Å². The van der Waals surface area contributed by atoms with Crippen LogP contribution in [0, 0.1) is 0 Å². The first-order chi connectivity index (χ1) is 13.6. The van der Waals surface area contributed by atoms with Gasteiger partial charge in [-0.25, -0.2) is 4.98 Å². The number of halogens is 2. The third-order valence-electron chi connectivity index (χ3n) is 4.83. The fraction of sp³-hybridized carbons (Fsp3) is 0.211. The number of nitrogens with one attached hydrogen (secondary N) is 3. The zero-order valence-corrected chi connectivity index (χ0v) is 16.4. The molecule has 9 heteroatoms. The maximum Gasteiger partial charge on any atom is 0.159 e. The molecular weight excluding hydrogens is 399 g/mol. The first-order valence-electron chi connectivity index (χ1n) is 8.82. The van der Waals surface area contributed by atoms with E-state index in [4.69, 9.17) is 27.9 Å². The van der Waals surface area contributed by atoms with Gasteiger partial charge in [-0.3, -0.25) is 10.1 Å². The average molecular weight is 415 g/mol. The third-order valence-corrected chi connectivity index (χ3v) is 5.43. The summed E-state index contributed by atoms with van der Waals surface area (Å²) >= 11 is 12.5. The molecule has 142 valence electrons. The first kappa shape index (κ1) is 17.5. The zero-order chi connectivity index (χ0) is 19.3. The Morgan fingerprint density at radius 1 is 1.14 bits per heavy atom. The SMILES string of the molecule is C[C@@H](Oc1ccc2[nH]nc(-c3nc4c([nH]3)CNC4)c2c1)c1c(Cl)cncc1Cl. The molecule has 0 bridgehead atoms. The quantitative estimate of drug-likeness (QED) is 0.460. The largest absolute Gasteiger partial charge is 0.486 e. The van der Waals surface area contributed by atoms with E-state index in [1.807, 2.05) is 25.1 Å². The molecule has 0 saturated carbocycles. The molecule has 0 saturated heterocycles. The van der Waals surface area contributed by atoms with Crippen molar-refractivity contribution >= 4 is 34.1 Å². The van der Waals surface area contributed by atoms with Gasteiger partial charge in [-0.05, 0) is 25.1 Å². The normalized spacial score (nSPS) is 14.4. The molecule has 1 aliphatic heterocycles. The molecule has 28 heavy (non-hydrogen) atoms. The number of benzene rings is 1. The van der Waals surface area contributed by atoms with E-state index in [0.29, 0.717) is 21.4 Å². The highest BCUT2D eigenvalue weighted by molar-refractivity contribution is 6.35. The Morgan fingerprint density at radius 3 is 2.75 bits per heavy atom. The number of fused-ring (bicyclic) bond motifs is 2. The summed E-state index contributed by atoms with van der Waals surface area (Å²) in [5, 5.41) is 12.6. The van der Waals surface area contributed by atoms with Crippen LogP contribution in [0.1, 0.15) is 30.0 Å². The van der Waals surface area contributed by atoms with Gasteiger partial charge in [-0.15, -0.1) is 0 Å². The summed E-state index contributed by atoms with van der Waals surface area (Å²) in [4.78, 5) is 12.0. The molecule has 7 nitrogen and oxygen atoms in total.